The summed E-state index contributed by atoms with van der Waals surface area (Å²) < 4.78 is 40.2. The maximum atomic E-state index is 13.3. The van der Waals surface area contributed by atoms with E-state index < -0.39 is 123 Å². The van der Waals surface area contributed by atoms with Crippen LogP contribution in [0, 0.1) is 0 Å². The first-order valence-electron chi connectivity index (χ1n) is 17.2. The molecule has 15 atom stereocenters. The number of ether oxygens (including phenoxy) is 7. The monoisotopic (exact) mass is 786 g/mol. The van der Waals surface area contributed by atoms with Crippen LogP contribution in [0.4, 0.5) is 0 Å². The van der Waals surface area contributed by atoms with Gasteiger partial charge in [-0.1, -0.05) is 12.1 Å². The van der Waals surface area contributed by atoms with Crippen LogP contribution in [-0.2, 0) is 44.4 Å². The Morgan fingerprint density at radius 3 is 1.96 bits per heavy atom. The van der Waals surface area contributed by atoms with Gasteiger partial charge in [0.05, 0.1) is 25.9 Å². The van der Waals surface area contributed by atoms with Gasteiger partial charge in [0.25, 0.3) is 0 Å². The van der Waals surface area contributed by atoms with E-state index in [4.69, 9.17) is 33.2 Å². The summed E-state index contributed by atoms with van der Waals surface area (Å²) in [7, 11) is 0. The van der Waals surface area contributed by atoms with E-state index in [-0.39, 0.29) is 30.1 Å². The fraction of sp³-hybridized carbons (Fsp3) is 0.571. The molecule has 2 aromatic carbocycles. The van der Waals surface area contributed by atoms with Crippen molar-refractivity contribution in [2.45, 2.75) is 105 Å². The summed E-state index contributed by atoms with van der Waals surface area (Å²) in [5, 5.41) is 123. The van der Waals surface area contributed by atoms with Gasteiger partial charge in [0.2, 0.25) is 0 Å². The molecule has 0 aliphatic carbocycles. The number of benzene rings is 2. The van der Waals surface area contributed by atoms with E-state index in [0.717, 1.165) is 12.1 Å². The molecule has 3 saturated heterocycles. The number of aliphatic hydroxyl groups excluding tert-OH is 8. The van der Waals surface area contributed by atoms with Gasteiger partial charge in [0, 0.05) is 6.08 Å². The molecule has 0 amide bonds. The van der Waals surface area contributed by atoms with Crippen LogP contribution in [0.2, 0.25) is 0 Å². The van der Waals surface area contributed by atoms with Crippen molar-refractivity contribution < 1.29 is 99.2 Å². The zero-order valence-corrected chi connectivity index (χ0v) is 29.2. The molecule has 20 heteroatoms. The second kappa shape index (κ2) is 18.5. The van der Waals surface area contributed by atoms with Crippen molar-refractivity contribution in [3.05, 3.63) is 53.6 Å². The van der Waals surface area contributed by atoms with Gasteiger partial charge in [0.1, 0.15) is 61.0 Å². The van der Waals surface area contributed by atoms with Crippen molar-refractivity contribution in [1.29, 1.82) is 0 Å². The van der Waals surface area contributed by atoms with Crippen LogP contribution >= 0.6 is 0 Å². The molecule has 5 rings (SSSR count). The number of esters is 1. The number of phenols is 4. The molecule has 0 saturated carbocycles. The number of carbonyl (C=O) groups is 1. The zero-order valence-electron chi connectivity index (χ0n) is 29.2. The number of carbonyl (C=O) groups excluding carboxylic acids is 1. The average molecular weight is 787 g/mol. The first-order valence-corrected chi connectivity index (χ1v) is 17.2. The Morgan fingerprint density at radius 1 is 0.673 bits per heavy atom. The maximum absolute atomic E-state index is 13.3. The number of phenolic OH excluding ortho intramolecular Hbond substituents is 4. The van der Waals surface area contributed by atoms with E-state index in [1.54, 1.807) is 0 Å². The van der Waals surface area contributed by atoms with Gasteiger partial charge >= 0.3 is 5.97 Å². The quantitative estimate of drug-likeness (QED) is 0.0541. The first kappa shape index (κ1) is 42.4. The molecule has 0 unspecified atom stereocenters. The standard InChI is InChI=1S/C35H46O20/c1-14-24(42)26(44)29(47)35(51-14)55-32-30(48)34(49-9-8-16-3-6-18(38)20(40)11-16)53-22(13-50-33-28(46)27(45)25(43)21(12-36)52-33)31(32)54-23(41)7-4-15-2-5-17(37)19(39)10-15/h2-7,10-11,14,21-22,24-40,42-48H,8-9,12-13H2,1H3/b7-4+/t14-,21+,22-,24-,25-,26+,27-,28+,29+,30+,31+,32+,33+,34+,35-/m0/s1. The van der Waals surface area contributed by atoms with Crippen LogP contribution in [0.5, 0.6) is 23.0 Å². The molecule has 3 aliphatic rings. The van der Waals surface area contributed by atoms with Crippen LogP contribution < -0.4 is 0 Å². The number of aliphatic hydroxyl groups is 8. The van der Waals surface area contributed by atoms with Gasteiger partial charge < -0.3 is 94.4 Å². The minimum Gasteiger partial charge on any atom is -0.504 e. The Hall–Kier alpha value is -3.71. The Labute approximate surface area is 313 Å². The highest BCUT2D eigenvalue weighted by Gasteiger charge is 2.53. The molecule has 306 valence electrons. The lowest BCUT2D eigenvalue weighted by atomic mass is 9.96. The lowest BCUT2D eigenvalue weighted by Gasteiger charge is -2.47. The first-order chi connectivity index (χ1) is 26.1. The van der Waals surface area contributed by atoms with Gasteiger partial charge in [-0.15, -0.1) is 0 Å². The molecule has 20 nitrogen and oxygen atoms in total. The summed E-state index contributed by atoms with van der Waals surface area (Å²) in [6.07, 6.45) is -22.6. The molecule has 0 radical (unpaired) electrons. The van der Waals surface area contributed by atoms with Gasteiger partial charge in [-0.25, -0.2) is 4.79 Å². The van der Waals surface area contributed by atoms with Crippen molar-refractivity contribution in [3.8, 4) is 23.0 Å². The molecule has 55 heavy (non-hydrogen) atoms. The van der Waals surface area contributed by atoms with Crippen LogP contribution in [-0.4, -0.2) is 179 Å². The van der Waals surface area contributed by atoms with Gasteiger partial charge in [-0.05, 0) is 54.8 Å². The van der Waals surface area contributed by atoms with Crippen LogP contribution in [0.3, 0.4) is 0 Å². The van der Waals surface area contributed by atoms with Crippen LogP contribution in [0.1, 0.15) is 18.1 Å². The predicted octanol–water partition coefficient (Wildman–Crippen LogP) is -3.19. The van der Waals surface area contributed by atoms with Crippen molar-refractivity contribution in [1.82, 2.24) is 0 Å². The zero-order chi connectivity index (χ0) is 40.1. The number of aromatic hydroxyl groups is 4. The minimum absolute atomic E-state index is 0.111. The molecule has 3 heterocycles. The number of rotatable bonds is 13. The fourth-order valence-electron chi connectivity index (χ4n) is 6.14. The van der Waals surface area contributed by atoms with E-state index >= 15 is 0 Å². The predicted molar refractivity (Wildman–Crippen MR) is 180 cm³/mol. The number of hydrogen-bond donors (Lipinski definition) is 12. The largest absolute Gasteiger partial charge is 0.504 e. The van der Waals surface area contributed by atoms with Crippen LogP contribution in [0.15, 0.2) is 42.5 Å². The molecule has 0 bridgehead atoms. The molecule has 0 aromatic heterocycles. The lowest BCUT2D eigenvalue weighted by Crippen LogP contribution is -2.65. The van der Waals surface area contributed by atoms with Crippen molar-refractivity contribution in [3.63, 3.8) is 0 Å². The highest BCUT2D eigenvalue weighted by molar-refractivity contribution is 5.87. The summed E-state index contributed by atoms with van der Waals surface area (Å²) in [6.45, 7) is -0.254. The second-order valence-corrected chi connectivity index (χ2v) is 13.3. The lowest BCUT2D eigenvalue weighted by molar-refractivity contribution is -0.364. The van der Waals surface area contributed by atoms with E-state index in [1.807, 2.05) is 0 Å². The fourth-order valence-corrected chi connectivity index (χ4v) is 6.14. The smallest absolute Gasteiger partial charge is 0.331 e. The third-order valence-electron chi connectivity index (χ3n) is 9.36. The summed E-state index contributed by atoms with van der Waals surface area (Å²) in [6, 6.07) is 7.75. The van der Waals surface area contributed by atoms with Crippen molar-refractivity contribution in [2.24, 2.45) is 0 Å². The Kier molecular flexibility index (Phi) is 14.3. The summed E-state index contributed by atoms with van der Waals surface area (Å²) >= 11 is 0. The molecular weight excluding hydrogens is 740 g/mol. The Morgan fingerprint density at radius 2 is 1.29 bits per heavy atom. The molecule has 3 aliphatic heterocycles. The normalized spacial score (nSPS) is 36.9. The van der Waals surface area contributed by atoms with Gasteiger partial charge in [-0.2, -0.15) is 0 Å². The molecule has 12 N–H and O–H groups in total. The molecular formula is C35H46O20. The van der Waals surface area contributed by atoms with E-state index in [2.05, 4.69) is 0 Å². The highest BCUT2D eigenvalue weighted by atomic mass is 16.8. The Bertz CT molecular complexity index is 1610. The maximum Gasteiger partial charge on any atom is 0.331 e. The SMILES string of the molecule is C[C@@H]1O[C@@H](O[C@@H]2[C@@H](O)[C@H](OCCc3ccc(O)c(O)c3)O[C@@H](CO[C@@H]3O[C@H](CO)[C@H](O)[C@H](O)[C@H]3O)[C@H]2OC(=O)/C=C/c2ccc(O)c(O)c2)[C@H](O)[C@H](O)[C@H]1O. The van der Waals surface area contributed by atoms with Crippen molar-refractivity contribution >= 4 is 12.0 Å². The third kappa shape index (κ3) is 10.0. The topological polar surface area (TPSA) is 324 Å². The molecule has 0 spiro atoms. The minimum atomic E-state index is -1.88. The van der Waals surface area contributed by atoms with Crippen molar-refractivity contribution in [2.75, 3.05) is 19.8 Å². The highest BCUT2D eigenvalue weighted by Crippen LogP contribution is 2.33. The average Bonchev–Trinajstić information content (AvgIpc) is 3.16. The third-order valence-corrected chi connectivity index (χ3v) is 9.36. The Balaban J connectivity index is 1.43. The van der Waals surface area contributed by atoms with E-state index in [9.17, 15) is 66.1 Å². The summed E-state index contributed by atoms with van der Waals surface area (Å²) in [5.41, 5.74) is 0.773. The van der Waals surface area contributed by atoms with E-state index in [0.29, 0.717) is 5.56 Å². The van der Waals surface area contributed by atoms with E-state index in [1.165, 1.54) is 43.3 Å². The molecule has 2 aromatic rings. The van der Waals surface area contributed by atoms with Crippen LogP contribution in [0.25, 0.3) is 6.08 Å². The summed E-state index contributed by atoms with van der Waals surface area (Å²) in [5.74, 6) is -2.71. The second-order valence-electron chi connectivity index (χ2n) is 13.3. The number of hydrogen-bond acceptors (Lipinski definition) is 20. The van der Waals surface area contributed by atoms with Gasteiger partial charge in [0.15, 0.2) is 48.0 Å². The molecule has 3 fully saturated rings. The van der Waals surface area contributed by atoms with Gasteiger partial charge in [-0.3, -0.25) is 0 Å². The summed E-state index contributed by atoms with van der Waals surface area (Å²) in [4.78, 5) is 13.3.